The summed E-state index contributed by atoms with van der Waals surface area (Å²) < 4.78 is 0. The second-order valence-corrected chi connectivity index (χ2v) is 3.76. The third-order valence-electron chi connectivity index (χ3n) is 2.34. The molecule has 0 spiro atoms. The summed E-state index contributed by atoms with van der Waals surface area (Å²) in [5.74, 6) is 0. The predicted molar refractivity (Wildman–Crippen MR) is 62.6 cm³/mol. The molecular weight excluding hydrogens is 240 g/mol. The van der Waals surface area contributed by atoms with Crippen LogP contribution in [-0.4, -0.2) is 0 Å². The number of hydrogen-bond donors (Lipinski definition) is 0. The van der Waals surface area contributed by atoms with E-state index in [1.807, 2.05) is 0 Å². The fourth-order valence-corrected chi connectivity index (χ4v) is 1.90. The molecule has 0 aromatic heterocycles. The molecule has 1 aromatic carbocycles. The maximum atomic E-state index is 8.94. The lowest BCUT2D eigenvalue weighted by atomic mass is 10.0. The van der Waals surface area contributed by atoms with Crippen molar-refractivity contribution in [2.24, 2.45) is 0 Å². The summed E-state index contributed by atoms with van der Waals surface area (Å²) in [4.78, 5) is 3.37. The molecular formula is C11H14BrN2+. The van der Waals surface area contributed by atoms with Gasteiger partial charge in [-0.1, -0.05) is 29.8 Å². The second-order valence-electron chi connectivity index (χ2n) is 3.20. The largest absolute Gasteiger partial charge is 0.391 e. The first-order chi connectivity index (χ1) is 6.76. The Morgan fingerprint density at radius 2 is 1.71 bits per heavy atom. The molecule has 0 saturated carbocycles. The minimum atomic E-state index is 0.750. The van der Waals surface area contributed by atoms with Gasteiger partial charge in [0.05, 0.1) is 0 Å². The van der Waals surface area contributed by atoms with E-state index in [4.69, 9.17) is 5.39 Å². The van der Waals surface area contributed by atoms with Gasteiger partial charge in [-0.05, 0) is 30.5 Å². The van der Waals surface area contributed by atoms with Crippen LogP contribution in [0.3, 0.4) is 0 Å². The number of aryl methyl sites for hydroxylation is 2. The Morgan fingerprint density at radius 1 is 1.21 bits per heavy atom. The lowest BCUT2D eigenvalue weighted by Crippen LogP contribution is -1.91. The summed E-state index contributed by atoms with van der Waals surface area (Å²) in [6.45, 7) is 4.14. The monoisotopic (exact) mass is 253 g/mol. The van der Waals surface area contributed by atoms with Crippen molar-refractivity contribution in [1.82, 2.24) is 0 Å². The van der Waals surface area contributed by atoms with E-state index in [9.17, 15) is 0 Å². The van der Waals surface area contributed by atoms with Gasteiger partial charge in [0.2, 0.25) is 5.39 Å². The maximum absolute atomic E-state index is 8.94. The molecule has 0 aliphatic rings. The molecule has 2 nitrogen and oxygen atoms in total. The minimum absolute atomic E-state index is 0.750. The van der Waals surface area contributed by atoms with Crippen LogP contribution in [-0.2, 0) is 18.2 Å². The number of rotatable bonds is 3. The summed E-state index contributed by atoms with van der Waals surface area (Å²) in [5, 5.41) is 9.78. The van der Waals surface area contributed by atoms with E-state index in [2.05, 4.69) is 46.9 Å². The Bertz CT molecular complexity index is 341. The van der Waals surface area contributed by atoms with Crippen LogP contribution in [0.15, 0.2) is 12.1 Å². The molecule has 1 aromatic rings. The first-order valence-corrected chi connectivity index (χ1v) is 5.94. The molecule has 0 saturated heterocycles. The third kappa shape index (κ3) is 2.13. The number of hydrogen-bond acceptors (Lipinski definition) is 1. The molecule has 0 N–H and O–H groups in total. The molecule has 0 fully saturated rings. The van der Waals surface area contributed by atoms with Crippen molar-refractivity contribution in [2.75, 3.05) is 0 Å². The van der Waals surface area contributed by atoms with Crippen LogP contribution < -0.4 is 0 Å². The van der Waals surface area contributed by atoms with Crippen molar-refractivity contribution in [2.45, 2.75) is 32.0 Å². The zero-order valence-electron chi connectivity index (χ0n) is 8.55. The van der Waals surface area contributed by atoms with Gasteiger partial charge in [-0.15, -0.1) is 0 Å². The average Bonchev–Trinajstić information content (AvgIpc) is 2.26. The van der Waals surface area contributed by atoms with Gasteiger partial charge in [-0.25, -0.2) is 0 Å². The van der Waals surface area contributed by atoms with Gasteiger partial charge < -0.3 is 0 Å². The van der Waals surface area contributed by atoms with Gasteiger partial charge in [-0.3, -0.25) is 0 Å². The van der Waals surface area contributed by atoms with Crippen molar-refractivity contribution < 1.29 is 0 Å². The van der Waals surface area contributed by atoms with E-state index in [1.165, 1.54) is 5.56 Å². The van der Waals surface area contributed by atoms with E-state index in [0.717, 1.165) is 35.0 Å². The average molecular weight is 254 g/mol. The highest BCUT2D eigenvalue weighted by molar-refractivity contribution is 9.08. The SMILES string of the molecule is CCc1cc(CBr)cc(CC)c1[N+]#N. The van der Waals surface area contributed by atoms with Crippen LogP contribution in [0.4, 0.5) is 5.69 Å². The van der Waals surface area contributed by atoms with Gasteiger partial charge in [0.25, 0.3) is 0 Å². The van der Waals surface area contributed by atoms with Gasteiger partial charge in [0.15, 0.2) is 4.98 Å². The normalized spacial score (nSPS) is 9.86. The van der Waals surface area contributed by atoms with Crippen molar-refractivity contribution in [3.63, 3.8) is 0 Å². The van der Waals surface area contributed by atoms with Crippen LogP contribution in [0.5, 0.6) is 0 Å². The molecule has 0 heterocycles. The van der Waals surface area contributed by atoms with Gasteiger partial charge >= 0.3 is 5.69 Å². The van der Waals surface area contributed by atoms with E-state index in [1.54, 1.807) is 0 Å². The second kappa shape index (κ2) is 5.11. The Kier molecular flexibility index (Phi) is 4.09. The van der Waals surface area contributed by atoms with Crippen LogP contribution in [0.25, 0.3) is 4.98 Å². The van der Waals surface area contributed by atoms with Gasteiger partial charge in [0, 0.05) is 16.5 Å². The van der Waals surface area contributed by atoms with Gasteiger partial charge in [-0.2, -0.15) is 0 Å². The summed E-state index contributed by atoms with van der Waals surface area (Å²) in [7, 11) is 0. The number of diazo groups is 1. The number of halogens is 1. The number of benzene rings is 1. The van der Waals surface area contributed by atoms with Gasteiger partial charge in [0.1, 0.15) is 0 Å². The molecule has 1 rings (SSSR count). The molecule has 0 aliphatic carbocycles. The lowest BCUT2D eigenvalue weighted by molar-refractivity contribution is 1.08. The molecule has 0 bridgehead atoms. The van der Waals surface area contributed by atoms with Crippen molar-refractivity contribution >= 4 is 21.6 Å². The molecule has 74 valence electrons. The van der Waals surface area contributed by atoms with Crippen LogP contribution in [0.1, 0.15) is 30.5 Å². The summed E-state index contributed by atoms with van der Waals surface area (Å²) in [6.07, 6.45) is 1.79. The third-order valence-corrected chi connectivity index (χ3v) is 2.99. The highest BCUT2D eigenvalue weighted by atomic mass is 79.9. The van der Waals surface area contributed by atoms with Crippen LogP contribution in [0, 0.1) is 5.39 Å². The molecule has 0 amide bonds. The van der Waals surface area contributed by atoms with E-state index >= 15 is 0 Å². The Labute approximate surface area is 93.1 Å². The van der Waals surface area contributed by atoms with Crippen molar-refractivity contribution in [3.05, 3.63) is 33.8 Å². The highest BCUT2D eigenvalue weighted by Gasteiger charge is 2.18. The molecule has 0 unspecified atom stereocenters. The van der Waals surface area contributed by atoms with E-state index in [-0.39, 0.29) is 0 Å². The Hall–Kier alpha value is -0.880. The van der Waals surface area contributed by atoms with E-state index in [0.29, 0.717) is 0 Å². The Morgan fingerprint density at radius 3 is 2.00 bits per heavy atom. The van der Waals surface area contributed by atoms with Crippen LogP contribution >= 0.6 is 15.9 Å². The molecule has 14 heavy (non-hydrogen) atoms. The van der Waals surface area contributed by atoms with E-state index < -0.39 is 0 Å². The van der Waals surface area contributed by atoms with Crippen molar-refractivity contribution in [3.8, 4) is 0 Å². The first kappa shape index (κ1) is 11.2. The zero-order chi connectivity index (χ0) is 10.6. The summed E-state index contributed by atoms with van der Waals surface area (Å²) in [5.41, 5.74) is 4.22. The minimum Gasteiger partial charge on any atom is -0.0876 e. The first-order valence-electron chi connectivity index (χ1n) is 4.82. The molecule has 3 heteroatoms. The topological polar surface area (TPSA) is 28.1 Å². The fourth-order valence-electron chi connectivity index (χ4n) is 1.58. The Balaban J connectivity index is 3.34. The standard InChI is InChI=1S/C11H14BrN2/c1-3-9-5-8(7-12)6-10(4-2)11(9)14-13/h5-6H,3-4,7H2,1-2H3/q+1. The smallest absolute Gasteiger partial charge is 0.0876 e. The lowest BCUT2D eigenvalue weighted by Gasteiger charge is -2.01. The predicted octanol–water partition coefficient (Wildman–Crippen LogP) is 4.19. The highest BCUT2D eigenvalue weighted by Crippen LogP contribution is 2.28. The number of alkyl halides is 1. The maximum Gasteiger partial charge on any atom is 0.391 e. The van der Waals surface area contributed by atoms with Crippen LogP contribution in [0.2, 0.25) is 0 Å². The summed E-state index contributed by atoms with van der Waals surface area (Å²) >= 11 is 3.44. The zero-order valence-corrected chi connectivity index (χ0v) is 10.1. The number of nitrogens with zero attached hydrogens (tertiary/aromatic N) is 2. The molecule has 0 radical (unpaired) electrons. The summed E-state index contributed by atoms with van der Waals surface area (Å²) in [6, 6.07) is 4.17. The molecule has 0 atom stereocenters. The molecule has 0 aliphatic heterocycles. The quantitative estimate of drug-likeness (QED) is 0.587. The van der Waals surface area contributed by atoms with Crippen molar-refractivity contribution in [1.29, 1.82) is 5.39 Å². The fraction of sp³-hybridized carbons (Fsp3) is 0.455.